The van der Waals surface area contributed by atoms with Gasteiger partial charge in [0.25, 0.3) is 12.3 Å². The molecule has 1 aliphatic heterocycles. The minimum absolute atomic E-state index is 0.158. The molecule has 37 heavy (non-hydrogen) atoms. The van der Waals surface area contributed by atoms with Gasteiger partial charge in [-0.1, -0.05) is 24.3 Å². The number of carbonyl (C=O) groups is 1. The van der Waals surface area contributed by atoms with Crippen molar-refractivity contribution in [3.63, 3.8) is 0 Å². The van der Waals surface area contributed by atoms with Crippen LogP contribution in [0, 0.1) is 0 Å². The summed E-state index contributed by atoms with van der Waals surface area (Å²) in [4.78, 5) is 13.0. The molecule has 4 rings (SSSR count). The van der Waals surface area contributed by atoms with E-state index in [2.05, 4.69) is 10.0 Å². The Morgan fingerprint density at radius 2 is 1.65 bits per heavy atom. The first-order valence-corrected chi connectivity index (χ1v) is 13.4. The molecule has 2 aromatic carbocycles. The van der Waals surface area contributed by atoms with Crippen molar-refractivity contribution in [2.24, 2.45) is 0 Å². The maximum Gasteiger partial charge on any atom is 0.497 e. The Morgan fingerprint density at radius 3 is 2.16 bits per heavy atom. The Bertz CT molecular complexity index is 1440. The van der Waals surface area contributed by atoms with Gasteiger partial charge in [0.1, 0.15) is 11.3 Å². The van der Waals surface area contributed by atoms with Crippen molar-refractivity contribution >= 4 is 45.2 Å². The lowest BCUT2D eigenvalue weighted by molar-refractivity contribution is 0.00578. The van der Waals surface area contributed by atoms with E-state index in [0.717, 1.165) is 0 Å². The molecule has 0 spiro atoms. The zero-order valence-electron chi connectivity index (χ0n) is 21.4. The summed E-state index contributed by atoms with van der Waals surface area (Å²) < 4.78 is 72.1. The third-order valence-electron chi connectivity index (χ3n) is 6.89. The van der Waals surface area contributed by atoms with Crippen LogP contribution >= 0.6 is 0 Å². The summed E-state index contributed by atoms with van der Waals surface area (Å²) in [6.45, 7) is 8.99. The second kappa shape index (κ2) is 9.41. The fourth-order valence-corrected chi connectivity index (χ4v) is 4.64. The van der Waals surface area contributed by atoms with Gasteiger partial charge in [-0.05, 0) is 40.7 Å². The van der Waals surface area contributed by atoms with Crippen LogP contribution in [0.1, 0.15) is 57.0 Å². The van der Waals surface area contributed by atoms with E-state index in [-0.39, 0.29) is 33.9 Å². The predicted molar refractivity (Wildman–Crippen MR) is 139 cm³/mol. The summed E-state index contributed by atoms with van der Waals surface area (Å²) >= 11 is 0. The molecule has 1 saturated heterocycles. The molecule has 1 fully saturated rings. The zero-order chi connectivity index (χ0) is 27.3. The second-order valence-electron chi connectivity index (χ2n) is 9.84. The van der Waals surface area contributed by atoms with Gasteiger partial charge in [0, 0.05) is 35.1 Å². The maximum absolute atomic E-state index is 13.1. The van der Waals surface area contributed by atoms with Gasteiger partial charge >= 0.3 is 7.12 Å². The first kappa shape index (κ1) is 27.1. The summed E-state index contributed by atoms with van der Waals surface area (Å²) in [5, 5.41) is 2.97. The molecule has 1 aliphatic rings. The van der Waals surface area contributed by atoms with Crippen LogP contribution in [0.2, 0.25) is 0 Å². The fraction of sp³-hybridized carbons (Fsp3) is 0.400. The van der Waals surface area contributed by atoms with Crippen LogP contribution in [0.15, 0.2) is 40.8 Å². The van der Waals surface area contributed by atoms with Crippen LogP contribution in [-0.2, 0) is 19.3 Å². The Morgan fingerprint density at radius 1 is 1.05 bits per heavy atom. The highest BCUT2D eigenvalue weighted by Crippen LogP contribution is 2.39. The molecule has 1 amide bonds. The molecule has 1 aromatic heterocycles. The molecule has 0 aliphatic carbocycles. The van der Waals surface area contributed by atoms with Gasteiger partial charge in [0.15, 0.2) is 0 Å². The highest BCUT2D eigenvalue weighted by Gasteiger charge is 2.52. The van der Waals surface area contributed by atoms with Crippen molar-refractivity contribution in [1.29, 1.82) is 0 Å². The van der Waals surface area contributed by atoms with Crippen molar-refractivity contribution in [1.82, 2.24) is 5.32 Å². The van der Waals surface area contributed by atoms with Gasteiger partial charge in [0.05, 0.1) is 28.2 Å². The molecule has 12 heteroatoms. The van der Waals surface area contributed by atoms with E-state index in [0.29, 0.717) is 16.4 Å². The standard InChI is InChI=1S/C25H29BF2N2O6S/c1-7-37(32,33)30-18-13-19-16(12-17(18)26-35-24(2,3)25(4,5)36-26)20(23(31)29-6)21(34-19)14-8-10-15(11-9-14)22(27)28/h8-13,22,30H,7H2,1-6H3,(H,29,31). The number of sulfonamides is 1. The second-order valence-corrected chi connectivity index (χ2v) is 11.8. The van der Waals surface area contributed by atoms with E-state index in [4.69, 9.17) is 13.7 Å². The number of alkyl halides is 2. The highest BCUT2D eigenvalue weighted by molar-refractivity contribution is 7.92. The van der Waals surface area contributed by atoms with Crippen LogP contribution < -0.4 is 15.5 Å². The number of rotatable bonds is 7. The van der Waals surface area contributed by atoms with Gasteiger partial charge in [-0.3, -0.25) is 9.52 Å². The van der Waals surface area contributed by atoms with Gasteiger partial charge in [0.2, 0.25) is 10.0 Å². The molecule has 3 aromatic rings. The Kier molecular flexibility index (Phi) is 6.89. The average Bonchev–Trinajstić information content (AvgIpc) is 3.30. The number of nitrogens with one attached hydrogen (secondary N) is 2. The number of anilines is 1. The molecule has 0 unspecified atom stereocenters. The smallest absolute Gasteiger partial charge is 0.455 e. The highest BCUT2D eigenvalue weighted by atomic mass is 32.2. The van der Waals surface area contributed by atoms with Crippen LogP contribution in [0.4, 0.5) is 14.5 Å². The number of hydrogen-bond donors (Lipinski definition) is 2. The summed E-state index contributed by atoms with van der Waals surface area (Å²) in [5.74, 6) is -0.476. The van der Waals surface area contributed by atoms with Gasteiger partial charge in [-0.2, -0.15) is 0 Å². The first-order valence-electron chi connectivity index (χ1n) is 11.8. The monoisotopic (exact) mass is 534 g/mol. The normalized spacial score (nSPS) is 16.9. The minimum Gasteiger partial charge on any atom is -0.455 e. The summed E-state index contributed by atoms with van der Waals surface area (Å²) in [5.41, 5.74) is -0.215. The first-order chi connectivity index (χ1) is 17.2. The molecule has 198 valence electrons. The molecule has 0 atom stereocenters. The Balaban J connectivity index is 1.96. The predicted octanol–water partition coefficient (Wildman–Crippen LogP) is 4.46. The van der Waals surface area contributed by atoms with Crippen LogP contribution in [-0.4, -0.2) is 45.4 Å². The third kappa shape index (κ3) is 4.97. The van der Waals surface area contributed by atoms with E-state index in [1.165, 1.54) is 44.3 Å². The molecule has 2 heterocycles. The maximum atomic E-state index is 13.1. The lowest BCUT2D eigenvalue weighted by atomic mass is 9.77. The lowest BCUT2D eigenvalue weighted by Crippen LogP contribution is -2.41. The van der Waals surface area contributed by atoms with E-state index < -0.39 is 40.7 Å². The lowest BCUT2D eigenvalue weighted by Gasteiger charge is -2.32. The molecular weight excluding hydrogens is 505 g/mol. The molecule has 2 N–H and O–H groups in total. The van der Waals surface area contributed by atoms with E-state index in [1.54, 1.807) is 6.07 Å². The number of furan rings is 1. The number of carbonyl (C=O) groups excluding carboxylic acids is 1. The number of hydrogen-bond acceptors (Lipinski definition) is 6. The van der Waals surface area contributed by atoms with E-state index in [1.807, 2.05) is 27.7 Å². The van der Waals surface area contributed by atoms with Crippen molar-refractivity contribution in [2.75, 3.05) is 17.5 Å². The van der Waals surface area contributed by atoms with Crippen LogP contribution in [0.25, 0.3) is 22.3 Å². The summed E-state index contributed by atoms with van der Waals surface area (Å²) in [7, 11) is -3.17. The van der Waals surface area contributed by atoms with Crippen LogP contribution in [0.5, 0.6) is 0 Å². The molecular formula is C25H29BF2N2O6S. The van der Waals surface area contributed by atoms with Crippen LogP contribution in [0.3, 0.4) is 0 Å². The summed E-state index contributed by atoms with van der Waals surface area (Å²) in [6.07, 6.45) is -2.64. The molecule has 0 bridgehead atoms. The molecule has 0 saturated carbocycles. The van der Waals surface area contributed by atoms with Gasteiger partial charge in [-0.15, -0.1) is 0 Å². The fourth-order valence-electron chi connectivity index (χ4n) is 3.99. The minimum atomic E-state index is -3.69. The number of halogens is 2. The van der Waals surface area contributed by atoms with Gasteiger partial charge in [-0.25, -0.2) is 17.2 Å². The van der Waals surface area contributed by atoms with Gasteiger partial charge < -0.3 is 19.0 Å². The third-order valence-corrected chi connectivity index (χ3v) is 8.18. The Labute approximate surface area is 214 Å². The van der Waals surface area contributed by atoms with Crippen molar-refractivity contribution < 1.29 is 35.7 Å². The number of benzene rings is 2. The van der Waals surface area contributed by atoms with Crippen molar-refractivity contribution in [3.05, 3.63) is 47.5 Å². The Hall–Kier alpha value is -2.96. The number of amides is 1. The topological polar surface area (TPSA) is 107 Å². The SMILES string of the molecule is CCS(=O)(=O)Nc1cc2oc(-c3ccc(C(F)F)cc3)c(C(=O)NC)c2cc1B1OC(C)(C)C(C)(C)O1. The largest absolute Gasteiger partial charge is 0.497 e. The van der Waals surface area contributed by atoms with E-state index >= 15 is 0 Å². The van der Waals surface area contributed by atoms with E-state index in [9.17, 15) is 22.0 Å². The average molecular weight is 534 g/mol. The van der Waals surface area contributed by atoms with Crippen molar-refractivity contribution in [3.8, 4) is 11.3 Å². The zero-order valence-corrected chi connectivity index (χ0v) is 22.3. The molecule has 8 nitrogen and oxygen atoms in total. The number of fused-ring (bicyclic) bond motifs is 1. The summed E-state index contributed by atoms with van der Waals surface area (Å²) in [6, 6.07) is 8.50. The molecule has 0 radical (unpaired) electrons. The quantitative estimate of drug-likeness (QED) is 0.434. The van der Waals surface area contributed by atoms with Crippen molar-refractivity contribution in [2.45, 2.75) is 52.2 Å².